The quantitative estimate of drug-likeness (QED) is 0.463. The first-order valence-electron chi connectivity index (χ1n) is 9.79. The number of carbonyl (C=O) groups is 1. The van der Waals surface area contributed by atoms with Gasteiger partial charge in [-0.05, 0) is 62.7 Å². The van der Waals surface area contributed by atoms with Crippen LogP contribution in [0, 0.1) is 17.8 Å². The van der Waals surface area contributed by atoms with Crippen molar-refractivity contribution in [1.82, 2.24) is 0 Å². The van der Waals surface area contributed by atoms with Crippen LogP contribution < -0.4 is 0 Å². The summed E-state index contributed by atoms with van der Waals surface area (Å²) >= 11 is 0. The molecule has 0 aromatic rings. The second-order valence-corrected chi connectivity index (χ2v) is 7.59. The number of ether oxygens (including phenoxy) is 1. The van der Waals surface area contributed by atoms with E-state index in [-0.39, 0.29) is 12.5 Å². The molecule has 1 aliphatic carbocycles. The van der Waals surface area contributed by atoms with Gasteiger partial charge in [0.1, 0.15) is 0 Å². The van der Waals surface area contributed by atoms with Crippen LogP contribution in [0.3, 0.4) is 0 Å². The number of unbranched alkanes of at least 4 members (excludes halogenated alkanes) is 1. The van der Waals surface area contributed by atoms with Crippen LogP contribution in [0.2, 0.25) is 0 Å². The highest BCUT2D eigenvalue weighted by atomic mass is 16.5. The topological polar surface area (TPSA) is 66.8 Å². The lowest BCUT2D eigenvalue weighted by Crippen LogP contribution is -2.24. The minimum absolute atomic E-state index is 0.127. The summed E-state index contributed by atoms with van der Waals surface area (Å²) in [4.78, 5) is 10.5. The molecule has 1 unspecified atom stereocenters. The van der Waals surface area contributed by atoms with Crippen molar-refractivity contribution in [1.29, 1.82) is 0 Å². The predicted molar refractivity (Wildman–Crippen MR) is 94.9 cm³/mol. The number of hydrogen-bond donors (Lipinski definition) is 2. The first kappa shape index (κ1) is 19.5. The van der Waals surface area contributed by atoms with Crippen LogP contribution in [0.25, 0.3) is 0 Å². The smallest absolute Gasteiger partial charge is 0.303 e. The molecule has 1 saturated heterocycles. The van der Waals surface area contributed by atoms with Crippen molar-refractivity contribution < 1.29 is 19.7 Å². The van der Waals surface area contributed by atoms with Crippen molar-refractivity contribution in [2.45, 2.75) is 76.7 Å². The molecule has 138 valence electrons. The Kier molecular flexibility index (Phi) is 8.82. The van der Waals surface area contributed by atoms with Crippen LogP contribution >= 0.6 is 0 Å². The molecule has 1 saturated carbocycles. The third kappa shape index (κ3) is 6.94. The Morgan fingerprint density at radius 2 is 1.88 bits per heavy atom. The van der Waals surface area contributed by atoms with E-state index in [1.54, 1.807) is 0 Å². The molecule has 2 aliphatic rings. The molecule has 0 spiro atoms. The van der Waals surface area contributed by atoms with Gasteiger partial charge in [-0.2, -0.15) is 0 Å². The van der Waals surface area contributed by atoms with Crippen molar-refractivity contribution in [2.75, 3.05) is 13.2 Å². The third-order valence-corrected chi connectivity index (χ3v) is 5.72. The Hall–Kier alpha value is -0.870. The first-order chi connectivity index (χ1) is 11.7. The zero-order chi connectivity index (χ0) is 17.2. The molecule has 1 heterocycles. The number of carboxylic acid groups (broad SMARTS) is 1. The van der Waals surface area contributed by atoms with Crippen LogP contribution in [0.1, 0.15) is 70.6 Å². The number of aliphatic hydroxyl groups excluding tert-OH is 1. The highest BCUT2D eigenvalue weighted by Gasteiger charge is 2.29. The Labute approximate surface area is 146 Å². The van der Waals surface area contributed by atoms with Gasteiger partial charge in [-0.3, -0.25) is 4.79 Å². The molecule has 24 heavy (non-hydrogen) atoms. The highest BCUT2D eigenvalue weighted by molar-refractivity contribution is 5.66. The van der Waals surface area contributed by atoms with Crippen LogP contribution in [0.4, 0.5) is 0 Å². The monoisotopic (exact) mass is 338 g/mol. The van der Waals surface area contributed by atoms with Crippen LogP contribution in [0.5, 0.6) is 0 Å². The van der Waals surface area contributed by atoms with Gasteiger partial charge in [0.05, 0.1) is 12.7 Å². The fourth-order valence-electron chi connectivity index (χ4n) is 4.12. The summed E-state index contributed by atoms with van der Waals surface area (Å²) in [5, 5.41) is 19.1. The first-order valence-corrected chi connectivity index (χ1v) is 9.79. The zero-order valence-electron chi connectivity index (χ0n) is 14.9. The molecule has 0 bridgehead atoms. The Balaban J connectivity index is 1.63. The molecule has 2 N–H and O–H groups in total. The molecule has 0 aromatic carbocycles. The Bertz CT molecular complexity index is 387. The van der Waals surface area contributed by atoms with Gasteiger partial charge in [-0.15, -0.1) is 0 Å². The predicted octanol–water partition coefficient (Wildman–Crippen LogP) is 4.17. The number of rotatable bonds is 10. The van der Waals surface area contributed by atoms with Crippen molar-refractivity contribution in [3.63, 3.8) is 0 Å². The van der Waals surface area contributed by atoms with Crippen molar-refractivity contribution in [2.24, 2.45) is 17.8 Å². The van der Waals surface area contributed by atoms with Gasteiger partial charge in [0, 0.05) is 13.0 Å². The lowest BCUT2D eigenvalue weighted by Gasteiger charge is -2.27. The fraction of sp³-hybridized carbons (Fsp3) is 0.850. The Morgan fingerprint density at radius 3 is 2.62 bits per heavy atom. The molecule has 0 aromatic heterocycles. The van der Waals surface area contributed by atoms with Gasteiger partial charge < -0.3 is 14.9 Å². The van der Waals surface area contributed by atoms with Gasteiger partial charge in [0.15, 0.2) is 0 Å². The van der Waals surface area contributed by atoms with Crippen molar-refractivity contribution in [3.05, 3.63) is 12.2 Å². The summed E-state index contributed by atoms with van der Waals surface area (Å²) < 4.78 is 5.66. The van der Waals surface area contributed by atoms with E-state index in [9.17, 15) is 9.90 Å². The maximum atomic E-state index is 10.5. The Morgan fingerprint density at radius 1 is 1.12 bits per heavy atom. The summed E-state index contributed by atoms with van der Waals surface area (Å²) in [5.41, 5.74) is 0. The van der Waals surface area contributed by atoms with Crippen LogP contribution in [-0.2, 0) is 9.53 Å². The standard InChI is InChI=1S/C20H34O4/c21-19(16-8-5-3-6-9-16)13-12-18-15-24-14-17(18)10-4-1-2-7-11-20(22)23/h1,4,16-19,21H,2-3,5-15H2,(H,22,23)/t17-,18+,19?/m0/s1. The summed E-state index contributed by atoms with van der Waals surface area (Å²) in [6, 6.07) is 0. The lowest BCUT2D eigenvalue weighted by atomic mass is 9.81. The molecule has 3 atom stereocenters. The van der Waals surface area contributed by atoms with E-state index >= 15 is 0 Å². The molecule has 1 aliphatic heterocycles. The summed E-state index contributed by atoms with van der Waals surface area (Å²) in [5.74, 6) is 0.920. The minimum Gasteiger partial charge on any atom is -0.481 e. The van der Waals surface area contributed by atoms with Gasteiger partial charge in [0.2, 0.25) is 0 Å². The molecule has 4 nitrogen and oxygen atoms in total. The fourth-order valence-corrected chi connectivity index (χ4v) is 4.12. The second-order valence-electron chi connectivity index (χ2n) is 7.59. The second kappa shape index (κ2) is 10.9. The number of aliphatic carboxylic acids is 1. The number of carboxylic acids is 1. The van der Waals surface area contributed by atoms with Crippen LogP contribution in [0.15, 0.2) is 12.2 Å². The van der Waals surface area contributed by atoms with Gasteiger partial charge >= 0.3 is 5.97 Å². The van der Waals surface area contributed by atoms with E-state index in [4.69, 9.17) is 9.84 Å². The molecular weight excluding hydrogens is 304 g/mol. The lowest BCUT2D eigenvalue weighted by molar-refractivity contribution is -0.137. The van der Waals surface area contributed by atoms with Gasteiger partial charge in [-0.1, -0.05) is 31.4 Å². The van der Waals surface area contributed by atoms with E-state index in [0.717, 1.165) is 38.9 Å². The molecule has 2 rings (SSSR count). The maximum Gasteiger partial charge on any atom is 0.303 e. The van der Waals surface area contributed by atoms with E-state index in [0.29, 0.717) is 24.2 Å². The molecule has 0 radical (unpaired) electrons. The average Bonchev–Trinajstić information content (AvgIpc) is 3.03. The third-order valence-electron chi connectivity index (χ3n) is 5.72. The van der Waals surface area contributed by atoms with Crippen LogP contribution in [-0.4, -0.2) is 35.5 Å². The SMILES string of the molecule is O=C(O)CCCC=CC[C@H]1COC[C@H]1CCC(O)C1CCCCC1. The molecule has 4 heteroatoms. The van der Waals surface area contributed by atoms with E-state index in [1.165, 1.54) is 32.1 Å². The largest absolute Gasteiger partial charge is 0.481 e. The normalized spacial score (nSPS) is 26.9. The molecule has 2 fully saturated rings. The van der Waals surface area contributed by atoms with E-state index in [2.05, 4.69) is 12.2 Å². The highest BCUT2D eigenvalue weighted by Crippen LogP contribution is 2.32. The summed E-state index contributed by atoms with van der Waals surface area (Å²) in [6.07, 6.45) is 15.3. The zero-order valence-corrected chi connectivity index (χ0v) is 14.9. The number of aliphatic hydroxyl groups is 1. The van der Waals surface area contributed by atoms with Gasteiger partial charge in [-0.25, -0.2) is 0 Å². The molecular formula is C20H34O4. The van der Waals surface area contributed by atoms with Gasteiger partial charge in [0.25, 0.3) is 0 Å². The maximum absolute atomic E-state index is 10.5. The summed E-state index contributed by atoms with van der Waals surface area (Å²) in [7, 11) is 0. The van der Waals surface area contributed by atoms with E-state index < -0.39 is 5.97 Å². The average molecular weight is 338 g/mol. The van der Waals surface area contributed by atoms with E-state index in [1.807, 2.05) is 0 Å². The van der Waals surface area contributed by atoms with Crippen molar-refractivity contribution in [3.8, 4) is 0 Å². The molecule has 0 amide bonds. The summed E-state index contributed by atoms with van der Waals surface area (Å²) in [6.45, 7) is 1.65. The number of hydrogen-bond acceptors (Lipinski definition) is 3. The van der Waals surface area contributed by atoms with Crippen molar-refractivity contribution >= 4 is 5.97 Å². The number of allylic oxidation sites excluding steroid dienone is 2. The minimum atomic E-state index is -0.718.